The van der Waals surface area contributed by atoms with Gasteiger partial charge in [0.25, 0.3) is 5.91 Å². The number of fused-ring (bicyclic) bond motifs is 2. The standard InChI is InChI=1S/C41H39ClN8O3S/c1-23-34(54-41-36(23)37(27-12-14-28(42)15-13-27)47-24(2)38(44)50(41)25(3)43)18-11-26-10-16-29(46-21-26)7-4-5-20-45-32-9-6-8-30-31(32)22-49(40(30)53)33-17-19-35(51)48-39(33)52/h6,8-10,12-16,21,24,33,43-45H,4-5,7,17,19-20,22H2,1-3H3,(H,48,51,52)/t24-,33?/m0/s1. The van der Waals surface area contributed by atoms with E-state index in [4.69, 9.17) is 27.4 Å². The van der Waals surface area contributed by atoms with Gasteiger partial charge in [-0.2, -0.15) is 0 Å². The molecule has 5 heterocycles. The fourth-order valence-corrected chi connectivity index (χ4v) is 8.36. The van der Waals surface area contributed by atoms with Gasteiger partial charge in [-0.1, -0.05) is 41.6 Å². The molecule has 2 aromatic heterocycles. The van der Waals surface area contributed by atoms with Crippen molar-refractivity contribution in [3.05, 3.63) is 110 Å². The number of unbranched alkanes of at least 4 members (excludes halogenated alkanes) is 1. The number of amidine groups is 2. The van der Waals surface area contributed by atoms with Crippen molar-refractivity contribution in [3.63, 3.8) is 0 Å². The van der Waals surface area contributed by atoms with E-state index in [1.54, 1.807) is 29.0 Å². The maximum absolute atomic E-state index is 13.1. The lowest BCUT2D eigenvalue weighted by Crippen LogP contribution is -2.52. The van der Waals surface area contributed by atoms with Crippen LogP contribution < -0.4 is 15.5 Å². The van der Waals surface area contributed by atoms with Gasteiger partial charge < -0.3 is 10.2 Å². The number of hydrogen-bond acceptors (Lipinski definition) is 9. The van der Waals surface area contributed by atoms with Crippen LogP contribution in [0.1, 0.15) is 88.3 Å². The summed E-state index contributed by atoms with van der Waals surface area (Å²) in [6.45, 7) is 6.62. The summed E-state index contributed by atoms with van der Waals surface area (Å²) in [7, 11) is 0. The highest BCUT2D eigenvalue weighted by atomic mass is 35.5. The number of hydrogen-bond donors (Lipinski definition) is 4. The molecule has 54 heavy (non-hydrogen) atoms. The Morgan fingerprint density at radius 1 is 1.09 bits per heavy atom. The second kappa shape index (κ2) is 15.4. The van der Waals surface area contributed by atoms with E-state index in [0.29, 0.717) is 30.1 Å². The predicted octanol–water partition coefficient (Wildman–Crippen LogP) is 6.72. The number of halogens is 1. The minimum atomic E-state index is -0.637. The first-order valence-electron chi connectivity index (χ1n) is 17.9. The van der Waals surface area contributed by atoms with Crippen LogP contribution in [0.4, 0.5) is 10.7 Å². The number of aromatic nitrogens is 1. The number of carbonyl (C=O) groups is 3. The molecule has 0 radical (unpaired) electrons. The summed E-state index contributed by atoms with van der Waals surface area (Å²) < 4.78 is 0. The zero-order valence-corrected chi connectivity index (χ0v) is 31.8. The summed E-state index contributed by atoms with van der Waals surface area (Å²) in [5, 5.41) is 24.6. The van der Waals surface area contributed by atoms with Crippen molar-refractivity contribution in [2.24, 2.45) is 4.99 Å². The second-order valence-corrected chi connectivity index (χ2v) is 15.0. The van der Waals surface area contributed by atoms with Crippen molar-refractivity contribution in [1.29, 1.82) is 10.8 Å². The summed E-state index contributed by atoms with van der Waals surface area (Å²) in [4.78, 5) is 50.8. The number of amides is 3. The molecule has 3 aliphatic rings. The number of nitrogens with zero attached hydrogens (tertiary/aromatic N) is 4. The predicted molar refractivity (Wildman–Crippen MR) is 213 cm³/mol. The molecule has 3 aliphatic heterocycles. The van der Waals surface area contributed by atoms with Crippen LogP contribution in [0, 0.1) is 29.6 Å². The van der Waals surface area contributed by atoms with Gasteiger partial charge in [0.1, 0.15) is 28.8 Å². The van der Waals surface area contributed by atoms with E-state index in [0.717, 1.165) is 74.1 Å². The third-order valence-corrected chi connectivity index (χ3v) is 11.3. The van der Waals surface area contributed by atoms with Crippen LogP contribution in [0.25, 0.3) is 0 Å². The van der Waals surface area contributed by atoms with Gasteiger partial charge in [0.05, 0.1) is 10.6 Å². The molecule has 0 spiro atoms. The first-order valence-corrected chi connectivity index (χ1v) is 19.1. The quantitative estimate of drug-likeness (QED) is 0.0515. The average Bonchev–Trinajstić information content (AvgIpc) is 3.62. The van der Waals surface area contributed by atoms with Crippen LogP contribution in [0.5, 0.6) is 0 Å². The maximum atomic E-state index is 13.1. The van der Waals surface area contributed by atoms with Gasteiger partial charge in [0.15, 0.2) is 0 Å². The third-order valence-electron chi connectivity index (χ3n) is 9.88. The van der Waals surface area contributed by atoms with E-state index >= 15 is 0 Å². The van der Waals surface area contributed by atoms with Crippen molar-refractivity contribution in [3.8, 4) is 11.8 Å². The van der Waals surface area contributed by atoms with Crippen molar-refractivity contribution in [1.82, 2.24) is 15.2 Å². The lowest BCUT2D eigenvalue weighted by molar-refractivity contribution is -0.136. The molecule has 0 aliphatic carbocycles. The van der Waals surface area contributed by atoms with E-state index in [1.807, 2.05) is 62.4 Å². The Morgan fingerprint density at radius 2 is 1.89 bits per heavy atom. The van der Waals surface area contributed by atoms with Crippen LogP contribution in [0.3, 0.4) is 0 Å². The molecule has 7 rings (SSSR count). The number of benzene rings is 2. The summed E-state index contributed by atoms with van der Waals surface area (Å²) in [6, 6.07) is 16.0. The molecule has 0 bridgehead atoms. The zero-order chi connectivity index (χ0) is 38.1. The van der Waals surface area contributed by atoms with Crippen molar-refractivity contribution >= 4 is 68.7 Å². The van der Waals surface area contributed by atoms with Crippen molar-refractivity contribution in [2.45, 2.75) is 71.5 Å². The summed E-state index contributed by atoms with van der Waals surface area (Å²) in [5.41, 5.74) is 7.58. The minimum absolute atomic E-state index is 0.180. The van der Waals surface area contributed by atoms with Gasteiger partial charge in [-0.25, -0.2) is 0 Å². The molecule has 1 unspecified atom stereocenters. The molecule has 4 aromatic rings. The number of rotatable bonds is 8. The van der Waals surface area contributed by atoms with Crippen molar-refractivity contribution < 1.29 is 14.4 Å². The Bertz CT molecular complexity index is 2290. The Morgan fingerprint density at radius 3 is 2.61 bits per heavy atom. The molecule has 0 saturated carbocycles. The fourth-order valence-electron chi connectivity index (χ4n) is 7.01. The van der Waals surface area contributed by atoms with Crippen LogP contribution in [0.15, 0.2) is 65.8 Å². The highest BCUT2D eigenvalue weighted by Gasteiger charge is 2.40. The highest BCUT2D eigenvalue weighted by Crippen LogP contribution is 2.40. The topological polar surface area (TPSA) is 155 Å². The van der Waals surface area contributed by atoms with Crippen LogP contribution in [0.2, 0.25) is 5.02 Å². The van der Waals surface area contributed by atoms with Gasteiger partial charge in [0, 0.05) is 69.9 Å². The van der Waals surface area contributed by atoms with Gasteiger partial charge in [-0.15, -0.1) is 11.3 Å². The van der Waals surface area contributed by atoms with Crippen molar-refractivity contribution in [2.75, 3.05) is 16.8 Å². The summed E-state index contributed by atoms with van der Waals surface area (Å²) in [6.07, 6.45) is 4.96. The number of carbonyl (C=O) groups excluding carboxylic acids is 3. The number of piperidine rings is 1. The smallest absolute Gasteiger partial charge is 0.255 e. The first kappa shape index (κ1) is 36.7. The Hall–Kier alpha value is -5.64. The Labute approximate surface area is 322 Å². The van der Waals surface area contributed by atoms with E-state index < -0.39 is 18.0 Å². The molecule has 1 saturated heterocycles. The fraction of sp³-hybridized carbons (Fsp3) is 0.293. The monoisotopic (exact) mass is 758 g/mol. The van der Waals surface area contributed by atoms with E-state index in [-0.39, 0.29) is 29.9 Å². The van der Waals surface area contributed by atoms with E-state index in [1.165, 1.54) is 11.3 Å². The lowest BCUT2D eigenvalue weighted by Gasteiger charge is -2.29. The van der Waals surface area contributed by atoms with Gasteiger partial charge in [-0.3, -0.25) is 45.4 Å². The number of aryl methyl sites for hydroxylation is 1. The molecule has 3 amide bonds. The van der Waals surface area contributed by atoms with Gasteiger partial charge in [-0.05, 0) is 88.4 Å². The van der Waals surface area contributed by atoms with Gasteiger partial charge in [0.2, 0.25) is 11.8 Å². The second-order valence-electron chi connectivity index (χ2n) is 13.6. The summed E-state index contributed by atoms with van der Waals surface area (Å²) in [5.74, 6) is 6.19. The van der Waals surface area contributed by atoms with Crippen LogP contribution >= 0.6 is 22.9 Å². The number of thiophene rings is 1. The van der Waals surface area contributed by atoms with Crippen LogP contribution in [-0.4, -0.2) is 63.6 Å². The molecule has 2 atom stereocenters. The number of imide groups is 1. The van der Waals surface area contributed by atoms with Crippen LogP contribution in [-0.2, 0) is 22.6 Å². The molecule has 4 N–H and O–H groups in total. The van der Waals surface area contributed by atoms with E-state index in [9.17, 15) is 14.4 Å². The number of anilines is 2. The average molecular weight is 759 g/mol. The SMILES string of the molecule is CC(=N)N1C(=N)[C@H](C)N=C(c2ccc(Cl)cc2)c2c1sc(C#Cc1ccc(CCCCNc3cccc4c3CN(C3CCC(=O)NC3=O)C4=O)nc1)c2C. The normalized spacial score (nSPS) is 18.0. The molecule has 11 nitrogen and oxygen atoms in total. The highest BCUT2D eigenvalue weighted by molar-refractivity contribution is 7.17. The zero-order valence-electron chi connectivity index (χ0n) is 30.2. The molecular formula is C41H39ClN8O3S. The Balaban J connectivity index is 0.981. The molecule has 1 fully saturated rings. The van der Waals surface area contributed by atoms with Gasteiger partial charge >= 0.3 is 0 Å². The third kappa shape index (κ3) is 7.29. The molecular weight excluding hydrogens is 720 g/mol. The molecule has 274 valence electrons. The number of nitrogens with one attached hydrogen (secondary N) is 4. The Kier molecular flexibility index (Phi) is 10.5. The lowest BCUT2D eigenvalue weighted by atomic mass is 9.99. The van der Waals surface area contributed by atoms with E-state index in [2.05, 4.69) is 27.5 Å². The summed E-state index contributed by atoms with van der Waals surface area (Å²) >= 11 is 7.65. The first-order chi connectivity index (χ1) is 26.0. The number of aliphatic imine (C=N–C) groups is 1. The molecule has 2 aromatic carbocycles. The minimum Gasteiger partial charge on any atom is -0.385 e. The largest absolute Gasteiger partial charge is 0.385 e. The number of pyridine rings is 1. The maximum Gasteiger partial charge on any atom is 0.255 e. The molecule has 13 heteroatoms.